The maximum Gasteiger partial charge on any atom is 0.380 e. The number of aliphatic imine (C=N–C) groups is 1. The zero-order valence-electron chi connectivity index (χ0n) is 13.7. The fourth-order valence-corrected chi connectivity index (χ4v) is 3.34. The first-order chi connectivity index (χ1) is 12.3. The van der Waals surface area contributed by atoms with Gasteiger partial charge in [0.15, 0.2) is 5.17 Å². The SMILES string of the molecule is Cc1ccc(/C=C2/SC(=Nc3ccc(OS(N)(=O)=O)cc3)NC2=O)cc1. The van der Waals surface area contributed by atoms with E-state index in [9.17, 15) is 13.2 Å². The normalized spacial score (nSPS) is 17.5. The highest BCUT2D eigenvalue weighted by Gasteiger charge is 2.23. The summed E-state index contributed by atoms with van der Waals surface area (Å²) in [5, 5.41) is 7.94. The average molecular weight is 389 g/mol. The van der Waals surface area contributed by atoms with Gasteiger partial charge in [0.2, 0.25) is 0 Å². The minimum absolute atomic E-state index is 0.0829. The number of benzene rings is 2. The van der Waals surface area contributed by atoms with Crippen molar-refractivity contribution in [3.63, 3.8) is 0 Å². The molecule has 1 amide bonds. The number of nitrogens with two attached hydrogens (primary N) is 1. The van der Waals surface area contributed by atoms with Crippen molar-refractivity contribution < 1.29 is 17.4 Å². The Hall–Kier alpha value is -2.62. The Bertz CT molecular complexity index is 995. The number of hydrogen-bond acceptors (Lipinski definition) is 6. The molecule has 7 nitrogen and oxygen atoms in total. The maximum atomic E-state index is 12.1. The maximum absolute atomic E-state index is 12.1. The van der Waals surface area contributed by atoms with Gasteiger partial charge >= 0.3 is 10.3 Å². The lowest BCUT2D eigenvalue weighted by Crippen LogP contribution is -2.19. The summed E-state index contributed by atoms with van der Waals surface area (Å²) in [4.78, 5) is 16.9. The summed E-state index contributed by atoms with van der Waals surface area (Å²) >= 11 is 1.23. The summed E-state index contributed by atoms with van der Waals surface area (Å²) in [5.74, 6) is -0.136. The number of thioether (sulfide) groups is 1. The number of rotatable bonds is 4. The number of carbonyl (C=O) groups is 1. The highest BCUT2D eigenvalue weighted by molar-refractivity contribution is 8.18. The molecule has 1 aliphatic rings. The number of nitrogens with zero attached hydrogens (tertiary/aromatic N) is 1. The number of aryl methyl sites for hydroxylation is 1. The van der Waals surface area contributed by atoms with Crippen molar-refractivity contribution in [3.05, 3.63) is 64.6 Å². The van der Waals surface area contributed by atoms with Crippen LogP contribution in [0.25, 0.3) is 6.08 Å². The molecule has 0 aromatic heterocycles. The highest BCUT2D eigenvalue weighted by atomic mass is 32.2. The summed E-state index contributed by atoms with van der Waals surface area (Å²) < 4.78 is 26.3. The van der Waals surface area contributed by atoms with E-state index in [4.69, 9.17) is 5.14 Å². The zero-order valence-corrected chi connectivity index (χ0v) is 15.3. The lowest BCUT2D eigenvalue weighted by Gasteiger charge is -2.02. The highest BCUT2D eigenvalue weighted by Crippen LogP contribution is 2.28. The Balaban J connectivity index is 1.74. The van der Waals surface area contributed by atoms with Crippen molar-refractivity contribution in [2.45, 2.75) is 6.92 Å². The van der Waals surface area contributed by atoms with Crippen molar-refractivity contribution in [2.75, 3.05) is 0 Å². The van der Waals surface area contributed by atoms with Gasteiger partial charge in [-0.15, -0.1) is 0 Å². The second kappa shape index (κ2) is 7.32. The molecule has 1 saturated heterocycles. The minimum Gasteiger partial charge on any atom is -0.371 e. The van der Waals surface area contributed by atoms with Gasteiger partial charge in [-0.05, 0) is 54.6 Å². The molecule has 2 aromatic carbocycles. The van der Waals surface area contributed by atoms with Crippen LogP contribution in [0.2, 0.25) is 0 Å². The molecule has 0 radical (unpaired) electrons. The van der Waals surface area contributed by atoms with E-state index in [2.05, 4.69) is 14.5 Å². The third-order valence-electron chi connectivity index (χ3n) is 3.31. The smallest absolute Gasteiger partial charge is 0.371 e. The van der Waals surface area contributed by atoms with Gasteiger partial charge in [-0.3, -0.25) is 4.79 Å². The number of amidine groups is 1. The first-order valence-electron chi connectivity index (χ1n) is 7.47. The Labute approximate surface area is 155 Å². The van der Waals surface area contributed by atoms with Crippen molar-refractivity contribution in [1.29, 1.82) is 0 Å². The Kier molecular flexibility index (Phi) is 5.12. The molecule has 2 aromatic rings. The van der Waals surface area contributed by atoms with Gasteiger partial charge in [-0.1, -0.05) is 29.8 Å². The molecule has 0 spiro atoms. The van der Waals surface area contributed by atoms with E-state index >= 15 is 0 Å². The van der Waals surface area contributed by atoms with Gasteiger partial charge < -0.3 is 9.50 Å². The number of nitrogens with one attached hydrogen (secondary N) is 1. The molecule has 134 valence electrons. The van der Waals surface area contributed by atoms with Crippen molar-refractivity contribution in [1.82, 2.24) is 5.32 Å². The van der Waals surface area contributed by atoms with Crippen LogP contribution < -0.4 is 14.6 Å². The van der Waals surface area contributed by atoms with Crippen LogP contribution in [0.5, 0.6) is 5.75 Å². The topological polar surface area (TPSA) is 111 Å². The summed E-state index contributed by atoms with van der Waals surface area (Å²) in [5.41, 5.74) is 2.61. The van der Waals surface area contributed by atoms with Crippen LogP contribution in [-0.2, 0) is 15.1 Å². The fraction of sp³-hybridized carbons (Fsp3) is 0.0588. The van der Waals surface area contributed by atoms with Crippen LogP contribution in [0.15, 0.2) is 58.4 Å². The van der Waals surface area contributed by atoms with Gasteiger partial charge in [0.1, 0.15) is 5.75 Å². The van der Waals surface area contributed by atoms with Gasteiger partial charge in [0, 0.05) is 0 Å². The summed E-state index contributed by atoms with van der Waals surface area (Å²) in [6.07, 6.45) is 1.80. The second-order valence-electron chi connectivity index (χ2n) is 5.46. The number of hydrogen-bond donors (Lipinski definition) is 2. The number of amides is 1. The summed E-state index contributed by atoms with van der Waals surface area (Å²) in [6, 6.07) is 13.8. The quantitative estimate of drug-likeness (QED) is 0.781. The van der Waals surface area contributed by atoms with Crippen molar-refractivity contribution in [2.24, 2.45) is 10.1 Å². The minimum atomic E-state index is -4.06. The molecule has 0 atom stereocenters. The monoisotopic (exact) mass is 389 g/mol. The molecule has 9 heteroatoms. The van der Waals surface area contributed by atoms with E-state index in [1.54, 1.807) is 18.2 Å². The summed E-state index contributed by atoms with van der Waals surface area (Å²) in [7, 11) is -4.06. The van der Waals surface area contributed by atoms with Crippen LogP contribution in [-0.4, -0.2) is 19.5 Å². The van der Waals surface area contributed by atoms with Crippen LogP contribution in [0.1, 0.15) is 11.1 Å². The second-order valence-corrected chi connectivity index (χ2v) is 7.65. The molecular weight excluding hydrogens is 374 g/mol. The van der Waals surface area contributed by atoms with Gasteiger partial charge in [-0.25, -0.2) is 4.99 Å². The molecule has 26 heavy (non-hydrogen) atoms. The van der Waals surface area contributed by atoms with Gasteiger partial charge in [-0.2, -0.15) is 13.6 Å². The Morgan fingerprint density at radius 1 is 1.12 bits per heavy atom. The van der Waals surface area contributed by atoms with Crippen LogP contribution in [0.4, 0.5) is 5.69 Å². The molecule has 0 bridgehead atoms. The summed E-state index contributed by atoms with van der Waals surface area (Å²) in [6.45, 7) is 2.00. The van der Waals surface area contributed by atoms with Gasteiger partial charge in [0.05, 0.1) is 10.6 Å². The first kappa shape index (κ1) is 18.2. The van der Waals surface area contributed by atoms with E-state index in [0.29, 0.717) is 15.8 Å². The van der Waals surface area contributed by atoms with Crippen LogP contribution in [0.3, 0.4) is 0 Å². The van der Waals surface area contributed by atoms with Crippen LogP contribution in [0, 0.1) is 6.92 Å². The van der Waals surface area contributed by atoms with Gasteiger partial charge in [0.25, 0.3) is 5.91 Å². The average Bonchev–Trinajstić information content (AvgIpc) is 2.89. The molecule has 0 unspecified atom stereocenters. The Morgan fingerprint density at radius 3 is 2.38 bits per heavy atom. The molecule has 1 heterocycles. The largest absolute Gasteiger partial charge is 0.380 e. The molecule has 0 aliphatic carbocycles. The third-order valence-corrected chi connectivity index (χ3v) is 4.64. The predicted octanol–water partition coefficient (Wildman–Crippen LogP) is 2.47. The lowest BCUT2D eigenvalue weighted by atomic mass is 10.1. The van der Waals surface area contributed by atoms with E-state index in [-0.39, 0.29) is 11.7 Å². The molecule has 1 aliphatic heterocycles. The van der Waals surface area contributed by atoms with Crippen molar-refractivity contribution >= 4 is 44.9 Å². The standard InChI is InChI=1S/C17H15N3O4S2/c1-11-2-4-12(5-3-11)10-15-16(21)20-17(25-15)19-13-6-8-14(9-7-13)24-26(18,22)23/h2-10H,1H3,(H2,18,22,23)(H,19,20,21)/b15-10+. The molecule has 0 saturated carbocycles. The fourth-order valence-electron chi connectivity index (χ4n) is 2.12. The van der Waals surface area contributed by atoms with Crippen molar-refractivity contribution in [3.8, 4) is 5.75 Å². The van der Waals surface area contributed by atoms with E-state index in [0.717, 1.165) is 11.1 Å². The molecule has 3 N–H and O–H groups in total. The number of carbonyl (C=O) groups excluding carboxylic acids is 1. The zero-order chi connectivity index (χ0) is 18.7. The predicted molar refractivity (Wildman–Crippen MR) is 102 cm³/mol. The van der Waals surface area contributed by atoms with E-state index in [1.165, 1.54) is 23.9 Å². The lowest BCUT2D eigenvalue weighted by molar-refractivity contribution is -0.115. The first-order valence-corrected chi connectivity index (χ1v) is 9.76. The molecular formula is C17H15N3O4S2. The van der Waals surface area contributed by atoms with E-state index < -0.39 is 10.3 Å². The Morgan fingerprint density at radius 2 is 1.77 bits per heavy atom. The third kappa shape index (κ3) is 4.94. The van der Waals surface area contributed by atoms with Crippen LogP contribution >= 0.6 is 11.8 Å². The molecule has 1 fully saturated rings. The van der Waals surface area contributed by atoms with E-state index in [1.807, 2.05) is 31.2 Å². The molecule has 3 rings (SSSR count).